The number of benzene rings is 1. The lowest BCUT2D eigenvalue weighted by atomic mass is 10.1. The molecule has 0 bridgehead atoms. The first kappa shape index (κ1) is 20.6. The summed E-state index contributed by atoms with van der Waals surface area (Å²) in [5.74, 6) is -1.73. The second kappa shape index (κ2) is 9.37. The van der Waals surface area contributed by atoms with Crippen LogP contribution in [0, 0.1) is 5.82 Å². The third-order valence-electron chi connectivity index (χ3n) is 4.22. The predicted octanol–water partition coefficient (Wildman–Crippen LogP) is 2.57. The van der Waals surface area contributed by atoms with E-state index in [1.165, 1.54) is 29.7 Å². The van der Waals surface area contributed by atoms with E-state index in [-0.39, 0.29) is 5.13 Å². The van der Waals surface area contributed by atoms with Crippen molar-refractivity contribution in [3.63, 3.8) is 0 Å². The van der Waals surface area contributed by atoms with Crippen LogP contribution in [0.15, 0.2) is 40.1 Å². The molecule has 3 aromatic rings. The standard InChI is InChI=1S/C19H20FN5O3S/c1-2-3-4-5-12-6-8-13(9-7-12)17-23-24-18(29-17)21-15(26)11-25-10-14(20)16(27)22-19(25)28/h6-10H,2-5,11H2,1H3,(H,21,24,26)(H,22,27,28). The Bertz CT molecular complexity index is 1100. The van der Waals surface area contributed by atoms with Gasteiger partial charge in [0.25, 0.3) is 5.56 Å². The number of aromatic nitrogens is 4. The smallest absolute Gasteiger partial charge is 0.299 e. The molecule has 29 heavy (non-hydrogen) atoms. The molecular formula is C19H20FN5O3S. The van der Waals surface area contributed by atoms with Gasteiger partial charge >= 0.3 is 5.69 Å². The van der Waals surface area contributed by atoms with E-state index in [1.807, 2.05) is 12.1 Å². The topological polar surface area (TPSA) is 110 Å². The number of H-pyrrole nitrogens is 1. The molecule has 0 saturated heterocycles. The second-order valence-corrected chi connectivity index (χ2v) is 7.46. The number of hydrogen-bond acceptors (Lipinski definition) is 6. The van der Waals surface area contributed by atoms with Crippen molar-refractivity contribution in [3.05, 3.63) is 62.7 Å². The van der Waals surface area contributed by atoms with Gasteiger partial charge in [0.2, 0.25) is 16.9 Å². The van der Waals surface area contributed by atoms with Crippen LogP contribution in [0.5, 0.6) is 0 Å². The first-order valence-electron chi connectivity index (χ1n) is 9.18. The van der Waals surface area contributed by atoms with Crippen LogP contribution in [-0.2, 0) is 17.8 Å². The Kier molecular flexibility index (Phi) is 6.65. The molecule has 0 radical (unpaired) electrons. The number of nitrogens with zero attached hydrogens (tertiary/aromatic N) is 3. The fourth-order valence-electron chi connectivity index (χ4n) is 2.70. The van der Waals surface area contributed by atoms with Crippen LogP contribution in [0.25, 0.3) is 10.6 Å². The van der Waals surface area contributed by atoms with Gasteiger partial charge in [-0.25, -0.2) is 4.79 Å². The molecule has 2 N–H and O–H groups in total. The monoisotopic (exact) mass is 417 g/mol. The molecule has 1 amide bonds. The summed E-state index contributed by atoms with van der Waals surface area (Å²) in [6.45, 7) is 1.71. The number of nitrogens with one attached hydrogen (secondary N) is 2. The Morgan fingerprint density at radius 1 is 1.21 bits per heavy atom. The Morgan fingerprint density at radius 3 is 2.69 bits per heavy atom. The van der Waals surface area contributed by atoms with Crippen LogP contribution in [0.3, 0.4) is 0 Å². The SMILES string of the molecule is CCCCCc1ccc(-c2nnc(NC(=O)Cn3cc(F)c(=O)[nH]c3=O)s2)cc1. The van der Waals surface area contributed by atoms with E-state index in [0.29, 0.717) is 11.2 Å². The normalized spacial score (nSPS) is 10.8. The molecule has 0 saturated carbocycles. The molecule has 8 nitrogen and oxygen atoms in total. The molecule has 10 heteroatoms. The van der Waals surface area contributed by atoms with Crippen molar-refractivity contribution in [2.24, 2.45) is 0 Å². The zero-order chi connectivity index (χ0) is 20.8. The Balaban J connectivity index is 1.63. The molecule has 0 unspecified atom stereocenters. The number of unbranched alkanes of at least 4 members (excludes halogenated alkanes) is 2. The van der Waals surface area contributed by atoms with Gasteiger partial charge in [0.15, 0.2) is 0 Å². The number of aromatic amines is 1. The van der Waals surface area contributed by atoms with Crippen molar-refractivity contribution in [3.8, 4) is 10.6 Å². The number of hydrogen-bond donors (Lipinski definition) is 2. The summed E-state index contributed by atoms with van der Waals surface area (Å²) in [4.78, 5) is 36.5. The number of halogens is 1. The largest absolute Gasteiger partial charge is 0.328 e. The van der Waals surface area contributed by atoms with Crippen molar-refractivity contribution < 1.29 is 9.18 Å². The fourth-order valence-corrected chi connectivity index (χ4v) is 3.46. The molecule has 0 atom stereocenters. The molecule has 1 aromatic carbocycles. The van der Waals surface area contributed by atoms with Crippen molar-refractivity contribution in [2.75, 3.05) is 5.32 Å². The first-order chi connectivity index (χ1) is 14.0. The lowest BCUT2D eigenvalue weighted by Crippen LogP contribution is -2.34. The van der Waals surface area contributed by atoms with Gasteiger partial charge in [-0.2, -0.15) is 4.39 Å². The van der Waals surface area contributed by atoms with Crippen molar-refractivity contribution in [2.45, 2.75) is 39.2 Å². The maximum atomic E-state index is 13.3. The minimum atomic E-state index is -1.14. The molecule has 3 rings (SSSR count). The van der Waals surface area contributed by atoms with Crippen LogP contribution >= 0.6 is 11.3 Å². The summed E-state index contributed by atoms with van der Waals surface area (Å²) in [5.41, 5.74) is 0.153. The highest BCUT2D eigenvalue weighted by atomic mass is 32.1. The quantitative estimate of drug-likeness (QED) is 0.548. The van der Waals surface area contributed by atoms with E-state index < -0.39 is 29.5 Å². The zero-order valence-corrected chi connectivity index (χ0v) is 16.6. The minimum Gasteiger partial charge on any atom is -0.299 e. The number of carbonyl (C=O) groups is 1. The lowest BCUT2D eigenvalue weighted by Gasteiger charge is -2.04. The van der Waals surface area contributed by atoms with Crippen molar-refractivity contribution in [1.29, 1.82) is 0 Å². The van der Waals surface area contributed by atoms with E-state index in [1.54, 1.807) is 4.98 Å². The molecular weight excluding hydrogens is 397 g/mol. The molecule has 152 valence electrons. The van der Waals surface area contributed by atoms with Crippen molar-refractivity contribution >= 4 is 22.4 Å². The van der Waals surface area contributed by atoms with Crippen LogP contribution in [-0.4, -0.2) is 25.7 Å². The third kappa shape index (κ3) is 5.44. The van der Waals surface area contributed by atoms with E-state index in [4.69, 9.17) is 0 Å². The zero-order valence-electron chi connectivity index (χ0n) is 15.8. The van der Waals surface area contributed by atoms with Gasteiger partial charge in [-0.15, -0.1) is 10.2 Å². The summed E-state index contributed by atoms with van der Waals surface area (Å²) in [6.07, 6.45) is 5.28. The molecule has 0 aliphatic carbocycles. The highest BCUT2D eigenvalue weighted by Crippen LogP contribution is 2.26. The fraction of sp³-hybridized carbons (Fsp3) is 0.316. The summed E-state index contributed by atoms with van der Waals surface area (Å²) < 4.78 is 14.1. The minimum absolute atomic E-state index is 0.259. The molecule has 0 aliphatic heterocycles. The maximum absolute atomic E-state index is 13.3. The predicted molar refractivity (Wildman–Crippen MR) is 108 cm³/mol. The average molecular weight is 417 g/mol. The molecule has 0 spiro atoms. The molecule has 2 aromatic heterocycles. The number of rotatable bonds is 8. The maximum Gasteiger partial charge on any atom is 0.328 e. The average Bonchev–Trinajstić information content (AvgIpc) is 3.15. The summed E-state index contributed by atoms with van der Waals surface area (Å²) in [7, 11) is 0. The highest BCUT2D eigenvalue weighted by molar-refractivity contribution is 7.18. The Morgan fingerprint density at radius 2 is 1.97 bits per heavy atom. The van der Waals surface area contributed by atoms with Gasteiger partial charge in [-0.1, -0.05) is 55.4 Å². The number of carbonyl (C=O) groups excluding carboxylic acids is 1. The number of anilines is 1. The first-order valence-corrected chi connectivity index (χ1v) is 10.00. The van der Waals surface area contributed by atoms with Crippen molar-refractivity contribution in [1.82, 2.24) is 19.7 Å². The van der Waals surface area contributed by atoms with Gasteiger partial charge in [0.05, 0.1) is 6.20 Å². The van der Waals surface area contributed by atoms with Crippen LogP contribution < -0.4 is 16.6 Å². The van der Waals surface area contributed by atoms with Gasteiger partial charge < -0.3 is 0 Å². The summed E-state index contributed by atoms with van der Waals surface area (Å²) in [6, 6.07) is 8.05. The molecule has 0 aliphatic rings. The van der Waals surface area contributed by atoms with Gasteiger partial charge in [0.1, 0.15) is 11.6 Å². The van der Waals surface area contributed by atoms with Gasteiger partial charge in [-0.05, 0) is 18.4 Å². The van der Waals surface area contributed by atoms with E-state index in [2.05, 4.69) is 34.6 Å². The van der Waals surface area contributed by atoms with Crippen LogP contribution in [0.2, 0.25) is 0 Å². The summed E-state index contributed by atoms with van der Waals surface area (Å²) in [5, 5.41) is 11.4. The highest BCUT2D eigenvalue weighted by Gasteiger charge is 2.12. The third-order valence-corrected chi connectivity index (χ3v) is 5.11. The number of amides is 1. The Labute approximate surface area is 169 Å². The van der Waals surface area contributed by atoms with E-state index in [0.717, 1.165) is 23.0 Å². The second-order valence-electron chi connectivity index (χ2n) is 6.48. The molecule has 2 heterocycles. The van der Waals surface area contributed by atoms with Gasteiger partial charge in [0, 0.05) is 5.56 Å². The number of aryl methyl sites for hydroxylation is 1. The molecule has 0 fully saturated rings. The summed E-state index contributed by atoms with van der Waals surface area (Å²) >= 11 is 1.19. The van der Waals surface area contributed by atoms with Gasteiger partial charge in [-0.3, -0.25) is 24.5 Å². The lowest BCUT2D eigenvalue weighted by molar-refractivity contribution is -0.116. The van der Waals surface area contributed by atoms with Crippen LogP contribution in [0.4, 0.5) is 9.52 Å². The Hall–Kier alpha value is -3.14. The van der Waals surface area contributed by atoms with Crippen LogP contribution in [0.1, 0.15) is 31.7 Å². The van der Waals surface area contributed by atoms with E-state index in [9.17, 15) is 18.8 Å². The van der Waals surface area contributed by atoms with E-state index >= 15 is 0 Å².